The Kier molecular flexibility index (Phi) is 6.90. The number of ether oxygens (including phenoxy) is 2. The predicted octanol–water partition coefficient (Wildman–Crippen LogP) is 3.20. The second-order valence-corrected chi connectivity index (χ2v) is 9.66. The summed E-state index contributed by atoms with van der Waals surface area (Å²) >= 11 is 0. The second-order valence-electron chi connectivity index (χ2n) is 9.66. The molecular formula is C28H33N3O3. The molecule has 3 aromatic rings. The number of morpholine rings is 1. The minimum Gasteiger partial charge on any atom is -0.379 e. The van der Waals surface area contributed by atoms with Crippen molar-refractivity contribution in [2.24, 2.45) is 5.92 Å². The summed E-state index contributed by atoms with van der Waals surface area (Å²) in [7, 11) is 2.07. The van der Waals surface area contributed by atoms with E-state index in [2.05, 4.69) is 47.3 Å². The molecule has 0 saturated carbocycles. The van der Waals surface area contributed by atoms with Gasteiger partial charge in [-0.05, 0) is 30.0 Å². The Morgan fingerprint density at radius 1 is 1.06 bits per heavy atom. The van der Waals surface area contributed by atoms with E-state index in [4.69, 9.17) is 9.47 Å². The van der Waals surface area contributed by atoms with Gasteiger partial charge in [-0.1, -0.05) is 54.6 Å². The summed E-state index contributed by atoms with van der Waals surface area (Å²) in [6.45, 7) is 4.43. The van der Waals surface area contributed by atoms with E-state index in [-0.39, 0.29) is 11.8 Å². The molecule has 2 saturated heterocycles. The van der Waals surface area contributed by atoms with Crippen LogP contribution in [0, 0.1) is 5.92 Å². The largest absolute Gasteiger partial charge is 0.379 e. The molecule has 0 N–H and O–H groups in total. The molecule has 2 aliphatic heterocycles. The van der Waals surface area contributed by atoms with Gasteiger partial charge in [0.25, 0.3) is 5.91 Å². The van der Waals surface area contributed by atoms with Crippen molar-refractivity contribution in [2.45, 2.75) is 18.4 Å². The Labute approximate surface area is 201 Å². The Bertz CT molecular complexity index is 1120. The third-order valence-corrected chi connectivity index (χ3v) is 6.98. The molecule has 1 aromatic heterocycles. The van der Waals surface area contributed by atoms with Crippen LogP contribution in [-0.4, -0.2) is 79.3 Å². The quantitative estimate of drug-likeness (QED) is 0.587. The van der Waals surface area contributed by atoms with E-state index in [0.717, 1.165) is 23.9 Å². The number of nitrogens with zero attached hydrogens (tertiary/aromatic N) is 3. The molecule has 5 rings (SSSR count). The first-order valence-electron chi connectivity index (χ1n) is 12.2. The lowest BCUT2D eigenvalue weighted by atomic mass is 9.90. The zero-order valence-corrected chi connectivity index (χ0v) is 19.9. The summed E-state index contributed by atoms with van der Waals surface area (Å²) < 4.78 is 12.3. The van der Waals surface area contributed by atoms with Gasteiger partial charge in [-0.25, -0.2) is 0 Å². The number of aromatic nitrogens is 1. The molecule has 2 fully saturated rings. The Balaban J connectivity index is 1.38. The van der Waals surface area contributed by atoms with E-state index in [1.165, 1.54) is 10.9 Å². The fourth-order valence-electron chi connectivity index (χ4n) is 5.32. The molecule has 0 radical (unpaired) electrons. The number of carbonyl (C=O) groups excluding carboxylic acids is 1. The minimum atomic E-state index is -0.871. The van der Waals surface area contributed by atoms with Crippen molar-refractivity contribution in [1.82, 2.24) is 14.8 Å². The molecule has 3 heterocycles. The third-order valence-electron chi connectivity index (χ3n) is 6.98. The summed E-state index contributed by atoms with van der Waals surface area (Å²) in [5.74, 6) is 0.281. The highest BCUT2D eigenvalue weighted by Gasteiger charge is 2.46. The molecule has 178 valence electrons. The first kappa shape index (κ1) is 23.0. The lowest BCUT2D eigenvalue weighted by Crippen LogP contribution is -2.61. The topological polar surface area (TPSA) is 54.9 Å². The van der Waals surface area contributed by atoms with Crippen molar-refractivity contribution in [3.05, 3.63) is 78.1 Å². The summed E-state index contributed by atoms with van der Waals surface area (Å²) in [5.41, 5.74) is 1.45. The Morgan fingerprint density at radius 3 is 2.74 bits per heavy atom. The fraction of sp³-hybridized carbons (Fsp3) is 0.429. The number of hydrogen-bond donors (Lipinski definition) is 0. The molecule has 0 spiro atoms. The van der Waals surface area contributed by atoms with Gasteiger partial charge in [0.2, 0.25) is 0 Å². The van der Waals surface area contributed by atoms with Crippen LogP contribution in [0.5, 0.6) is 0 Å². The number of rotatable bonds is 5. The van der Waals surface area contributed by atoms with Gasteiger partial charge in [0.05, 0.1) is 19.8 Å². The van der Waals surface area contributed by atoms with Crippen LogP contribution < -0.4 is 0 Å². The summed E-state index contributed by atoms with van der Waals surface area (Å²) in [6.07, 6.45) is 5.26. The van der Waals surface area contributed by atoms with Crippen molar-refractivity contribution in [3.8, 4) is 0 Å². The summed E-state index contributed by atoms with van der Waals surface area (Å²) in [4.78, 5) is 22.7. The Hall–Kier alpha value is -2.80. The maximum absolute atomic E-state index is 14.1. The van der Waals surface area contributed by atoms with E-state index in [1.807, 2.05) is 41.6 Å². The summed E-state index contributed by atoms with van der Waals surface area (Å²) in [6, 6.07) is 18.5. The highest BCUT2D eigenvalue weighted by molar-refractivity contribution is 5.86. The van der Waals surface area contributed by atoms with Crippen LogP contribution in [0.25, 0.3) is 10.8 Å². The number of likely N-dealkylation sites (N-methyl/N-ethyl adjacent to an activating group) is 1. The zero-order valence-electron chi connectivity index (χ0n) is 19.9. The second kappa shape index (κ2) is 10.2. The molecule has 6 heteroatoms. The van der Waals surface area contributed by atoms with E-state index in [9.17, 15) is 4.79 Å². The smallest absolute Gasteiger partial charge is 0.256 e. The maximum Gasteiger partial charge on any atom is 0.256 e. The SMILES string of the molecule is CN1CCO[C@](Cc2ccccc2)(C(=O)N2CCOC[C@@H](Cc3cncc4ccccc34)C2)C1. The van der Waals surface area contributed by atoms with Gasteiger partial charge >= 0.3 is 0 Å². The lowest BCUT2D eigenvalue weighted by molar-refractivity contribution is -0.170. The zero-order chi connectivity index (χ0) is 23.4. The van der Waals surface area contributed by atoms with E-state index in [0.29, 0.717) is 45.9 Å². The Morgan fingerprint density at radius 2 is 1.88 bits per heavy atom. The molecule has 1 amide bonds. The van der Waals surface area contributed by atoms with E-state index in [1.54, 1.807) is 0 Å². The molecule has 0 aliphatic carbocycles. The van der Waals surface area contributed by atoms with Gasteiger partial charge in [-0.3, -0.25) is 9.78 Å². The normalized spacial score (nSPS) is 24.1. The van der Waals surface area contributed by atoms with Gasteiger partial charge in [0.15, 0.2) is 5.60 Å². The van der Waals surface area contributed by atoms with Gasteiger partial charge in [0, 0.05) is 56.3 Å². The molecule has 2 aromatic carbocycles. The predicted molar refractivity (Wildman–Crippen MR) is 133 cm³/mol. The number of amides is 1. The molecule has 2 atom stereocenters. The molecule has 0 unspecified atom stereocenters. The third kappa shape index (κ3) is 4.99. The van der Waals surface area contributed by atoms with E-state index >= 15 is 0 Å². The van der Waals surface area contributed by atoms with Crippen molar-refractivity contribution >= 4 is 16.7 Å². The average molecular weight is 460 g/mol. The monoisotopic (exact) mass is 459 g/mol. The van der Waals surface area contributed by atoms with Crippen LogP contribution in [-0.2, 0) is 27.1 Å². The molecule has 0 bridgehead atoms. The molecule has 34 heavy (non-hydrogen) atoms. The van der Waals surface area contributed by atoms with E-state index < -0.39 is 5.60 Å². The van der Waals surface area contributed by atoms with Gasteiger partial charge in [-0.15, -0.1) is 0 Å². The number of benzene rings is 2. The van der Waals surface area contributed by atoms with Crippen LogP contribution in [0.4, 0.5) is 0 Å². The molecule has 2 aliphatic rings. The number of fused-ring (bicyclic) bond motifs is 1. The molecule has 6 nitrogen and oxygen atoms in total. The van der Waals surface area contributed by atoms with Gasteiger partial charge < -0.3 is 19.3 Å². The highest BCUT2D eigenvalue weighted by Crippen LogP contribution is 2.28. The highest BCUT2D eigenvalue weighted by atomic mass is 16.5. The van der Waals surface area contributed by atoms with Gasteiger partial charge in [0.1, 0.15) is 0 Å². The number of hydrogen-bond acceptors (Lipinski definition) is 5. The average Bonchev–Trinajstić information content (AvgIpc) is 3.10. The first-order valence-corrected chi connectivity index (χ1v) is 12.2. The summed E-state index contributed by atoms with van der Waals surface area (Å²) in [5, 5.41) is 2.36. The van der Waals surface area contributed by atoms with Gasteiger partial charge in [-0.2, -0.15) is 0 Å². The lowest BCUT2D eigenvalue weighted by Gasteiger charge is -2.43. The van der Waals surface area contributed by atoms with Crippen LogP contribution in [0.15, 0.2) is 67.0 Å². The fourth-order valence-corrected chi connectivity index (χ4v) is 5.32. The number of carbonyl (C=O) groups is 1. The van der Waals surface area contributed by atoms with Crippen molar-refractivity contribution in [1.29, 1.82) is 0 Å². The first-order chi connectivity index (χ1) is 16.6. The van der Waals surface area contributed by atoms with Crippen molar-refractivity contribution in [3.63, 3.8) is 0 Å². The standard InChI is InChI=1S/C28H33N3O3/c1-30-11-14-34-28(21-30,16-22-7-3-2-4-8-22)27(32)31-12-13-33-20-23(19-31)15-25-18-29-17-24-9-5-6-10-26(24)25/h2-10,17-18,23H,11-16,19-21H2,1H3/t23-,28-/m0/s1. The minimum absolute atomic E-state index is 0.0782. The molecular weight excluding hydrogens is 426 g/mol. The van der Waals surface area contributed by atoms with Crippen LogP contribution in [0.2, 0.25) is 0 Å². The van der Waals surface area contributed by atoms with Crippen LogP contribution >= 0.6 is 0 Å². The number of pyridine rings is 1. The maximum atomic E-state index is 14.1. The van der Waals surface area contributed by atoms with Crippen molar-refractivity contribution in [2.75, 3.05) is 53.0 Å². The van der Waals surface area contributed by atoms with Crippen LogP contribution in [0.3, 0.4) is 0 Å². The van der Waals surface area contributed by atoms with Crippen LogP contribution in [0.1, 0.15) is 11.1 Å². The van der Waals surface area contributed by atoms with Crippen molar-refractivity contribution < 1.29 is 14.3 Å².